The zero-order chi connectivity index (χ0) is 13.0. The van der Waals surface area contributed by atoms with Gasteiger partial charge in [0.1, 0.15) is 17.8 Å². The molecule has 1 aliphatic rings. The molecule has 1 fully saturated rings. The van der Waals surface area contributed by atoms with Crippen molar-refractivity contribution in [1.82, 2.24) is 0 Å². The summed E-state index contributed by atoms with van der Waals surface area (Å²) >= 11 is 0. The first-order valence-corrected chi connectivity index (χ1v) is 6.61. The third-order valence-corrected chi connectivity index (χ3v) is 3.86. The molecule has 0 aromatic heterocycles. The molecule has 0 amide bonds. The van der Waals surface area contributed by atoms with E-state index in [1.165, 1.54) is 5.56 Å². The van der Waals surface area contributed by atoms with Crippen molar-refractivity contribution in [1.29, 1.82) is 0 Å². The van der Waals surface area contributed by atoms with Gasteiger partial charge < -0.3 is 9.84 Å². The minimum atomic E-state index is -0.717. The van der Waals surface area contributed by atoms with Gasteiger partial charge in [0, 0.05) is 0 Å². The second-order valence-corrected chi connectivity index (χ2v) is 5.08. The highest BCUT2D eigenvalue weighted by molar-refractivity contribution is 5.75. The van der Waals surface area contributed by atoms with Gasteiger partial charge in [-0.3, -0.25) is 4.79 Å². The maximum Gasteiger partial charge on any atom is 0.313 e. The molecule has 0 unspecified atom stereocenters. The highest BCUT2D eigenvalue weighted by Gasteiger charge is 2.42. The monoisotopic (exact) mass is 248 g/mol. The molecule has 0 atom stereocenters. The van der Waals surface area contributed by atoms with Gasteiger partial charge in [-0.25, -0.2) is 0 Å². The van der Waals surface area contributed by atoms with Crippen LogP contribution in [0.1, 0.15) is 38.2 Å². The van der Waals surface area contributed by atoms with Crippen LogP contribution < -0.4 is 4.74 Å². The Hall–Kier alpha value is -1.51. The number of aliphatic carboxylic acids is 1. The van der Waals surface area contributed by atoms with Gasteiger partial charge in [-0.05, 0) is 37.0 Å². The molecule has 0 spiro atoms. The number of hydrogen-bond acceptors (Lipinski definition) is 2. The lowest BCUT2D eigenvalue weighted by Crippen LogP contribution is -2.34. The zero-order valence-electron chi connectivity index (χ0n) is 10.8. The Kier molecular flexibility index (Phi) is 3.90. The van der Waals surface area contributed by atoms with Gasteiger partial charge in [0.15, 0.2) is 0 Å². The fraction of sp³-hybridized carbons (Fsp3) is 0.533. The highest BCUT2D eigenvalue weighted by Crippen LogP contribution is 2.38. The summed E-state index contributed by atoms with van der Waals surface area (Å²) in [5, 5.41) is 9.34. The van der Waals surface area contributed by atoms with Crippen LogP contribution in [0.25, 0.3) is 0 Å². The second kappa shape index (κ2) is 5.42. The van der Waals surface area contributed by atoms with Gasteiger partial charge in [-0.15, -0.1) is 0 Å². The lowest BCUT2D eigenvalue weighted by atomic mass is 9.87. The molecule has 1 aliphatic carbocycles. The minimum Gasteiger partial charge on any atom is -0.492 e. The fourth-order valence-corrected chi connectivity index (χ4v) is 2.51. The van der Waals surface area contributed by atoms with E-state index in [9.17, 15) is 9.90 Å². The van der Waals surface area contributed by atoms with Crippen molar-refractivity contribution >= 4 is 5.97 Å². The average Bonchev–Trinajstić information content (AvgIpc) is 2.87. The van der Waals surface area contributed by atoms with Crippen molar-refractivity contribution in [3.63, 3.8) is 0 Å². The van der Waals surface area contributed by atoms with E-state index in [2.05, 4.69) is 6.92 Å². The quantitative estimate of drug-likeness (QED) is 0.869. The van der Waals surface area contributed by atoms with E-state index in [0.29, 0.717) is 0 Å². The number of ether oxygens (including phenoxy) is 1. The molecule has 18 heavy (non-hydrogen) atoms. The van der Waals surface area contributed by atoms with Crippen LogP contribution in [-0.4, -0.2) is 17.7 Å². The summed E-state index contributed by atoms with van der Waals surface area (Å²) in [7, 11) is 0. The third kappa shape index (κ3) is 2.66. The van der Waals surface area contributed by atoms with E-state index in [-0.39, 0.29) is 6.61 Å². The molecule has 98 valence electrons. The Labute approximate surface area is 108 Å². The summed E-state index contributed by atoms with van der Waals surface area (Å²) in [4.78, 5) is 11.4. The normalized spacial score (nSPS) is 17.6. The van der Waals surface area contributed by atoms with Gasteiger partial charge >= 0.3 is 5.97 Å². The number of carboxylic acid groups (broad SMARTS) is 1. The van der Waals surface area contributed by atoms with Crippen molar-refractivity contribution in [3.05, 3.63) is 29.8 Å². The molecule has 1 aromatic carbocycles. The second-order valence-electron chi connectivity index (χ2n) is 5.08. The van der Waals surface area contributed by atoms with Crippen LogP contribution in [0, 0.1) is 5.41 Å². The third-order valence-electron chi connectivity index (χ3n) is 3.86. The first kappa shape index (κ1) is 12.9. The predicted molar refractivity (Wildman–Crippen MR) is 69.9 cm³/mol. The van der Waals surface area contributed by atoms with Gasteiger partial charge in [0.2, 0.25) is 0 Å². The van der Waals surface area contributed by atoms with Crippen molar-refractivity contribution in [3.8, 4) is 5.75 Å². The lowest BCUT2D eigenvalue weighted by Gasteiger charge is -2.23. The van der Waals surface area contributed by atoms with E-state index in [1.807, 2.05) is 24.3 Å². The molecule has 1 aromatic rings. The topological polar surface area (TPSA) is 46.5 Å². The lowest BCUT2D eigenvalue weighted by molar-refractivity contribution is -0.150. The van der Waals surface area contributed by atoms with Crippen molar-refractivity contribution in [2.75, 3.05) is 6.61 Å². The molecule has 0 aliphatic heterocycles. The van der Waals surface area contributed by atoms with Crippen LogP contribution in [0.2, 0.25) is 0 Å². The summed E-state index contributed by atoms with van der Waals surface area (Å²) in [5.41, 5.74) is 0.597. The van der Waals surface area contributed by atoms with E-state index in [1.54, 1.807) is 0 Å². The minimum absolute atomic E-state index is 0.286. The Morgan fingerprint density at radius 3 is 2.39 bits per heavy atom. The molecule has 0 saturated heterocycles. The first-order valence-electron chi connectivity index (χ1n) is 6.61. The summed E-state index contributed by atoms with van der Waals surface area (Å²) in [5.74, 6) is 0.0462. The molecule has 2 rings (SSSR count). The van der Waals surface area contributed by atoms with Crippen molar-refractivity contribution in [2.45, 2.75) is 39.0 Å². The molecule has 0 bridgehead atoms. The Morgan fingerprint density at radius 2 is 1.89 bits per heavy atom. The molecule has 3 heteroatoms. The number of benzene rings is 1. The molecular weight excluding hydrogens is 228 g/mol. The number of aryl methyl sites for hydroxylation is 1. The fourth-order valence-electron chi connectivity index (χ4n) is 2.51. The number of rotatable bonds is 5. The van der Waals surface area contributed by atoms with Gasteiger partial charge in [0.25, 0.3) is 0 Å². The average molecular weight is 248 g/mol. The number of carbonyl (C=O) groups is 1. The van der Waals surface area contributed by atoms with Gasteiger partial charge in [0.05, 0.1) is 0 Å². The summed E-state index contributed by atoms with van der Waals surface area (Å²) < 4.78 is 5.67. The van der Waals surface area contributed by atoms with E-state index in [4.69, 9.17) is 4.74 Å². The maximum atomic E-state index is 11.4. The highest BCUT2D eigenvalue weighted by atomic mass is 16.5. The van der Waals surface area contributed by atoms with Crippen LogP contribution in [0.3, 0.4) is 0 Å². The Bertz CT molecular complexity index is 402. The van der Waals surface area contributed by atoms with Crippen LogP contribution >= 0.6 is 0 Å². The standard InChI is InChI=1S/C15H20O3/c1-2-12-5-7-13(8-6-12)18-11-15(14(16)17)9-3-4-10-15/h5-8H,2-4,9-11H2,1H3,(H,16,17). The van der Waals surface area contributed by atoms with Gasteiger partial charge in [-0.1, -0.05) is 31.9 Å². The summed E-state index contributed by atoms with van der Waals surface area (Å²) in [6.07, 6.45) is 4.44. The van der Waals surface area contributed by atoms with E-state index >= 15 is 0 Å². The molecule has 0 radical (unpaired) electrons. The first-order chi connectivity index (χ1) is 8.66. The van der Waals surface area contributed by atoms with Crippen LogP contribution in [0.15, 0.2) is 24.3 Å². The maximum absolute atomic E-state index is 11.4. The van der Waals surface area contributed by atoms with Crippen molar-refractivity contribution in [2.24, 2.45) is 5.41 Å². The summed E-state index contributed by atoms with van der Waals surface area (Å²) in [6, 6.07) is 7.89. The molecule has 3 nitrogen and oxygen atoms in total. The van der Waals surface area contributed by atoms with E-state index < -0.39 is 11.4 Å². The van der Waals surface area contributed by atoms with E-state index in [0.717, 1.165) is 37.9 Å². The predicted octanol–water partition coefficient (Wildman–Crippen LogP) is 3.27. The molecule has 1 saturated carbocycles. The smallest absolute Gasteiger partial charge is 0.313 e. The number of carboxylic acids is 1. The Balaban J connectivity index is 1.99. The van der Waals surface area contributed by atoms with Crippen LogP contribution in [-0.2, 0) is 11.2 Å². The van der Waals surface area contributed by atoms with Crippen LogP contribution in [0.4, 0.5) is 0 Å². The molecular formula is C15H20O3. The number of hydrogen-bond donors (Lipinski definition) is 1. The SMILES string of the molecule is CCc1ccc(OCC2(C(=O)O)CCCC2)cc1. The Morgan fingerprint density at radius 1 is 1.28 bits per heavy atom. The van der Waals surface area contributed by atoms with Crippen molar-refractivity contribution < 1.29 is 14.6 Å². The molecule has 1 N–H and O–H groups in total. The largest absolute Gasteiger partial charge is 0.492 e. The van der Waals surface area contributed by atoms with Crippen LogP contribution in [0.5, 0.6) is 5.75 Å². The zero-order valence-corrected chi connectivity index (χ0v) is 10.8. The molecule has 0 heterocycles. The van der Waals surface area contributed by atoms with Gasteiger partial charge in [-0.2, -0.15) is 0 Å². The summed E-state index contributed by atoms with van der Waals surface area (Å²) in [6.45, 7) is 2.39.